The monoisotopic (exact) mass is 313 g/mol. The molecule has 0 bridgehead atoms. The van der Waals surface area contributed by atoms with Gasteiger partial charge in [0, 0.05) is 16.3 Å². The Morgan fingerprint density at radius 3 is 2.77 bits per heavy atom. The van der Waals surface area contributed by atoms with Gasteiger partial charge in [-0.2, -0.15) is 0 Å². The molecule has 0 aliphatic heterocycles. The van der Waals surface area contributed by atoms with Gasteiger partial charge in [-0.3, -0.25) is 9.78 Å². The maximum atomic E-state index is 12.3. The molecule has 3 rings (SSSR count). The van der Waals surface area contributed by atoms with E-state index in [0.717, 1.165) is 26.5 Å². The van der Waals surface area contributed by atoms with E-state index in [1.54, 1.807) is 13.3 Å². The van der Waals surface area contributed by atoms with Crippen LogP contribution < -0.4 is 10.1 Å². The molecule has 112 valence electrons. The summed E-state index contributed by atoms with van der Waals surface area (Å²) in [6, 6.07) is 7.52. The molecule has 0 saturated heterocycles. The van der Waals surface area contributed by atoms with Crippen LogP contribution in [0.15, 0.2) is 30.5 Å². The first kappa shape index (κ1) is 14.5. The molecule has 0 saturated carbocycles. The third-order valence-electron chi connectivity index (χ3n) is 3.27. The summed E-state index contributed by atoms with van der Waals surface area (Å²) in [7, 11) is 1.62. The van der Waals surface area contributed by atoms with E-state index in [1.165, 1.54) is 11.3 Å². The van der Waals surface area contributed by atoms with Crippen LogP contribution in [0, 0.1) is 13.8 Å². The van der Waals surface area contributed by atoms with E-state index in [2.05, 4.69) is 15.3 Å². The van der Waals surface area contributed by atoms with Crippen molar-refractivity contribution < 1.29 is 9.53 Å². The molecule has 2 aromatic heterocycles. The lowest BCUT2D eigenvalue weighted by Crippen LogP contribution is -2.13. The van der Waals surface area contributed by atoms with Gasteiger partial charge in [0.25, 0.3) is 5.91 Å². The molecule has 0 aliphatic carbocycles. The number of ether oxygens (including phenoxy) is 1. The minimum atomic E-state index is -0.212. The Bertz CT molecular complexity index is 858. The number of nitrogens with one attached hydrogen (secondary N) is 1. The maximum Gasteiger partial charge on any atom is 0.275 e. The highest BCUT2D eigenvalue weighted by Gasteiger charge is 2.14. The van der Waals surface area contributed by atoms with Gasteiger partial charge >= 0.3 is 0 Å². The number of rotatable bonds is 3. The summed E-state index contributed by atoms with van der Waals surface area (Å²) in [5.74, 6) is 0.543. The lowest BCUT2D eigenvalue weighted by molar-refractivity contribution is 0.102. The van der Waals surface area contributed by atoms with Crippen molar-refractivity contribution in [1.29, 1.82) is 0 Å². The number of thiazole rings is 1. The van der Waals surface area contributed by atoms with Crippen LogP contribution in [0.3, 0.4) is 0 Å². The highest BCUT2D eigenvalue weighted by molar-refractivity contribution is 7.11. The van der Waals surface area contributed by atoms with E-state index in [9.17, 15) is 4.79 Å². The molecule has 0 unspecified atom stereocenters. The van der Waals surface area contributed by atoms with Gasteiger partial charge in [-0.15, -0.1) is 11.3 Å². The normalized spacial score (nSPS) is 10.7. The van der Waals surface area contributed by atoms with Crippen molar-refractivity contribution >= 4 is 33.8 Å². The molecular formula is C16H15N3O2S. The Morgan fingerprint density at radius 2 is 2.09 bits per heavy atom. The molecule has 3 aromatic rings. The van der Waals surface area contributed by atoms with E-state index >= 15 is 0 Å². The largest absolute Gasteiger partial charge is 0.497 e. The van der Waals surface area contributed by atoms with Crippen LogP contribution in [-0.4, -0.2) is 23.0 Å². The van der Waals surface area contributed by atoms with Crippen LogP contribution in [0.25, 0.3) is 10.9 Å². The molecule has 22 heavy (non-hydrogen) atoms. The lowest BCUT2D eigenvalue weighted by Gasteiger charge is -2.06. The molecule has 2 heterocycles. The Labute approximate surface area is 132 Å². The number of carbonyl (C=O) groups excluding carboxylic acids is 1. The summed E-state index contributed by atoms with van der Waals surface area (Å²) in [5, 5.41) is 4.66. The summed E-state index contributed by atoms with van der Waals surface area (Å²) in [6.07, 6.45) is 1.63. The number of nitrogens with zero attached hydrogens (tertiary/aromatic N) is 2. The second-order valence-electron chi connectivity index (χ2n) is 4.87. The number of pyridine rings is 1. The minimum Gasteiger partial charge on any atom is -0.497 e. The van der Waals surface area contributed by atoms with E-state index < -0.39 is 0 Å². The van der Waals surface area contributed by atoms with Crippen LogP contribution >= 0.6 is 11.3 Å². The van der Waals surface area contributed by atoms with Crippen molar-refractivity contribution in [3.05, 3.63) is 46.0 Å². The van der Waals surface area contributed by atoms with E-state index in [0.29, 0.717) is 11.4 Å². The summed E-state index contributed by atoms with van der Waals surface area (Å²) < 4.78 is 5.17. The fraction of sp³-hybridized carbons (Fsp3) is 0.188. The quantitative estimate of drug-likeness (QED) is 0.803. The number of fused-ring (bicyclic) bond motifs is 1. The summed E-state index contributed by atoms with van der Waals surface area (Å²) in [6.45, 7) is 3.78. The van der Waals surface area contributed by atoms with Gasteiger partial charge in [0.05, 0.1) is 29.5 Å². The van der Waals surface area contributed by atoms with E-state index in [1.807, 2.05) is 38.1 Å². The van der Waals surface area contributed by atoms with Crippen molar-refractivity contribution in [1.82, 2.24) is 9.97 Å². The van der Waals surface area contributed by atoms with Crippen molar-refractivity contribution in [3.63, 3.8) is 0 Å². The molecule has 6 heteroatoms. The van der Waals surface area contributed by atoms with E-state index in [4.69, 9.17) is 4.74 Å². The zero-order valence-corrected chi connectivity index (χ0v) is 13.3. The first-order valence-corrected chi connectivity index (χ1v) is 7.57. The van der Waals surface area contributed by atoms with Crippen LogP contribution in [0.5, 0.6) is 5.75 Å². The van der Waals surface area contributed by atoms with Crippen molar-refractivity contribution in [3.8, 4) is 5.75 Å². The number of benzene rings is 1. The molecule has 1 amide bonds. The van der Waals surface area contributed by atoms with Crippen LogP contribution in [0.1, 0.15) is 20.4 Å². The standard InChI is InChI=1S/C16H15N3O2S/c1-9-15(18-10(2)22-9)16(20)19-12-6-11-4-5-13(21-3)7-14(11)17-8-12/h4-8H,1-3H3,(H,19,20). The zero-order chi connectivity index (χ0) is 15.7. The summed E-state index contributed by atoms with van der Waals surface area (Å²) in [5.41, 5.74) is 1.93. The first-order chi connectivity index (χ1) is 10.6. The predicted octanol–water partition coefficient (Wildman–Crippen LogP) is 3.57. The topological polar surface area (TPSA) is 64.1 Å². The number of aromatic nitrogens is 2. The zero-order valence-electron chi connectivity index (χ0n) is 12.5. The lowest BCUT2D eigenvalue weighted by atomic mass is 10.2. The Balaban J connectivity index is 1.87. The minimum absolute atomic E-state index is 0.212. The van der Waals surface area contributed by atoms with Gasteiger partial charge in [0.15, 0.2) is 0 Å². The SMILES string of the molecule is COc1ccc2cc(NC(=O)c3nc(C)sc3C)cnc2c1. The van der Waals surface area contributed by atoms with Gasteiger partial charge in [-0.05, 0) is 32.0 Å². The fourth-order valence-electron chi connectivity index (χ4n) is 2.23. The number of anilines is 1. The average Bonchev–Trinajstić information content (AvgIpc) is 2.85. The smallest absolute Gasteiger partial charge is 0.275 e. The van der Waals surface area contributed by atoms with E-state index in [-0.39, 0.29) is 5.91 Å². The Kier molecular flexibility index (Phi) is 3.77. The number of carbonyl (C=O) groups is 1. The van der Waals surface area contributed by atoms with Gasteiger partial charge < -0.3 is 10.1 Å². The molecule has 5 nitrogen and oxygen atoms in total. The van der Waals surface area contributed by atoms with Gasteiger partial charge in [0.1, 0.15) is 11.4 Å². The molecular weight excluding hydrogens is 298 g/mol. The fourth-order valence-corrected chi connectivity index (χ4v) is 3.04. The number of hydrogen-bond acceptors (Lipinski definition) is 5. The number of hydrogen-bond donors (Lipinski definition) is 1. The van der Waals surface area contributed by atoms with Crippen LogP contribution in [0.4, 0.5) is 5.69 Å². The average molecular weight is 313 g/mol. The predicted molar refractivity (Wildman–Crippen MR) is 87.8 cm³/mol. The second-order valence-corrected chi connectivity index (χ2v) is 6.28. The van der Waals surface area contributed by atoms with Gasteiger partial charge in [-0.1, -0.05) is 0 Å². The highest BCUT2D eigenvalue weighted by atomic mass is 32.1. The summed E-state index contributed by atoms with van der Waals surface area (Å²) >= 11 is 1.51. The molecule has 0 fully saturated rings. The third kappa shape index (κ3) is 2.78. The summed E-state index contributed by atoms with van der Waals surface area (Å²) in [4.78, 5) is 21.8. The Hall–Kier alpha value is -2.47. The number of methoxy groups -OCH3 is 1. The third-order valence-corrected chi connectivity index (χ3v) is 4.15. The van der Waals surface area contributed by atoms with Crippen LogP contribution in [-0.2, 0) is 0 Å². The number of aryl methyl sites for hydroxylation is 2. The molecule has 0 atom stereocenters. The molecule has 0 radical (unpaired) electrons. The van der Waals surface area contributed by atoms with Gasteiger partial charge in [0.2, 0.25) is 0 Å². The Morgan fingerprint density at radius 1 is 1.27 bits per heavy atom. The molecule has 0 aliphatic rings. The molecule has 0 spiro atoms. The molecule has 1 N–H and O–H groups in total. The van der Waals surface area contributed by atoms with Crippen LogP contribution in [0.2, 0.25) is 0 Å². The molecule has 1 aromatic carbocycles. The number of amides is 1. The first-order valence-electron chi connectivity index (χ1n) is 6.76. The maximum absolute atomic E-state index is 12.3. The van der Waals surface area contributed by atoms with Crippen molar-refractivity contribution in [2.24, 2.45) is 0 Å². The highest BCUT2D eigenvalue weighted by Crippen LogP contribution is 2.23. The van der Waals surface area contributed by atoms with Crippen molar-refractivity contribution in [2.45, 2.75) is 13.8 Å². The van der Waals surface area contributed by atoms with Crippen molar-refractivity contribution in [2.75, 3.05) is 12.4 Å². The second kappa shape index (κ2) is 5.73. The van der Waals surface area contributed by atoms with Gasteiger partial charge in [-0.25, -0.2) is 4.98 Å².